The Hall–Kier alpha value is -2.21. The van der Waals surface area contributed by atoms with Crippen LogP contribution in [-0.2, 0) is 9.59 Å². The van der Waals surface area contributed by atoms with Gasteiger partial charge in [0.1, 0.15) is 5.01 Å². The molecular weight excluding hydrogens is 334 g/mol. The Morgan fingerprint density at radius 1 is 1.36 bits per heavy atom. The van der Waals surface area contributed by atoms with Gasteiger partial charge in [-0.2, -0.15) is 0 Å². The lowest BCUT2D eigenvalue weighted by Crippen LogP contribution is -2.43. The van der Waals surface area contributed by atoms with Gasteiger partial charge in [0, 0.05) is 26.1 Å². The van der Waals surface area contributed by atoms with Crippen LogP contribution in [0.15, 0.2) is 36.9 Å². The van der Waals surface area contributed by atoms with Gasteiger partial charge in [0.2, 0.25) is 11.8 Å². The Kier molecular flexibility index (Phi) is 5.18. The van der Waals surface area contributed by atoms with Crippen molar-refractivity contribution in [1.82, 2.24) is 14.8 Å². The number of carbonyl (C=O) groups is 2. The third-order valence-corrected chi connectivity index (χ3v) is 6.13. The van der Waals surface area contributed by atoms with Gasteiger partial charge in [-0.15, -0.1) is 11.3 Å². The molecule has 132 valence electrons. The first-order chi connectivity index (χ1) is 12.0. The minimum absolute atomic E-state index is 0.0318. The summed E-state index contributed by atoms with van der Waals surface area (Å²) in [5, 5.41) is 0.955. The molecule has 0 aliphatic carbocycles. The van der Waals surface area contributed by atoms with E-state index in [0.717, 1.165) is 15.2 Å². The van der Waals surface area contributed by atoms with Crippen LogP contribution in [0.2, 0.25) is 0 Å². The molecule has 1 aromatic carbocycles. The van der Waals surface area contributed by atoms with Crippen LogP contribution in [0.4, 0.5) is 0 Å². The predicted molar refractivity (Wildman–Crippen MR) is 100 cm³/mol. The van der Waals surface area contributed by atoms with Gasteiger partial charge < -0.3 is 9.80 Å². The van der Waals surface area contributed by atoms with E-state index in [0.29, 0.717) is 25.9 Å². The lowest BCUT2D eigenvalue weighted by molar-refractivity contribution is -0.139. The molecule has 2 amide bonds. The fourth-order valence-electron chi connectivity index (χ4n) is 3.19. The number of fused-ring (bicyclic) bond motifs is 1. The van der Waals surface area contributed by atoms with Crippen molar-refractivity contribution in [2.75, 3.05) is 20.1 Å². The summed E-state index contributed by atoms with van der Waals surface area (Å²) >= 11 is 1.64. The minimum atomic E-state index is -0.0577. The second-order valence-corrected chi connectivity index (χ2v) is 7.51. The lowest BCUT2D eigenvalue weighted by atomic mass is 9.95. The smallest absolute Gasteiger partial charge is 0.245 e. The van der Waals surface area contributed by atoms with Gasteiger partial charge >= 0.3 is 0 Å². The van der Waals surface area contributed by atoms with Crippen LogP contribution in [0.5, 0.6) is 0 Å². The molecule has 0 N–H and O–H groups in total. The highest BCUT2D eigenvalue weighted by Gasteiger charge is 2.31. The highest BCUT2D eigenvalue weighted by atomic mass is 32.1. The van der Waals surface area contributed by atoms with Gasteiger partial charge in [-0.1, -0.05) is 18.7 Å². The predicted octanol–water partition coefficient (Wildman–Crippen LogP) is 3.24. The van der Waals surface area contributed by atoms with Crippen LogP contribution in [0.3, 0.4) is 0 Å². The maximum atomic E-state index is 12.9. The summed E-state index contributed by atoms with van der Waals surface area (Å²) in [5.74, 6) is 0.0512. The number of para-hydroxylation sites is 1. The van der Waals surface area contributed by atoms with Crippen molar-refractivity contribution in [3.8, 4) is 0 Å². The number of benzene rings is 1. The first kappa shape index (κ1) is 17.6. The van der Waals surface area contributed by atoms with Gasteiger partial charge in [-0.25, -0.2) is 4.98 Å². The number of nitrogens with zero attached hydrogens (tertiary/aromatic N) is 3. The molecule has 1 aliphatic rings. The molecule has 2 heterocycles. The second-order valence-electron chi connectivity index (χ2n) is 6.45. The first-order valence-electron chi connectivity index (χ1n) is 8.54. The summed E-state index contributed by atoms with van der Waals surface area (Å²) in [6.07, 6.45) is 2.74. The van der Waals surface area contributed by atoms with E-state index in [1.165, 1.54) is 6.08 Å². The molecule has 1 atom stereocenters. The normalized spacial score (nSPS) is 16.6. The molecule has 2 aromatic rings. The van der Waals surface area contributed by atoms with Crippen molar-refractivity contribution in [2.24, 2.45) is 5.92 Å². The molecule has 1 fully saturated rings. The molecule has 0 bridgehead atoms. The zero-order valence-electron chi connectivity index (χ0n) is 14.6. The molecule has 0 spiro atoms. The first-order valence-corrected chi connectivity index (χ1v) is 9.36. The third kappa shape index (κ3) is 3.58. The minimum Gasteiger partial charge on any atom is -0.339 e. The quantitative estimate of drug-likeness (QED) is 0.790. The molecule has 5 nitrogen and oxygen atoms in total. The summed E-state index contributed by atoms with van der Waals surface area (Å²) in [4.78, 5) is 32.7. The largest absolute Gasteiger partial charge is 0.339 e. The van der Waals surface area contributed by atoms with Gasteiger partial charge in [0.15, 0.2) is 0 Å². The van der Waals surface area contributed by atoms with Crippen molar-refractivity contribution in [1.29, 1.82) is 0 Å². The molecule has 1 unspecified atom stereocenters. The number of piperidine rings is 1. The molecule has 1 aliphatic heterocycles. The molecule has 0 saturated carbocycles. The van der Waals surface area contributed by atoms with Gasteiger partial charge in [-0.3, -0.25) is 9.59 Å². The Morgan fingerprint density at radius 3 is 2.68 bits per heavy atom. The number of likely N-dealkylation sites (tertiary alicyclic amines) is 1. The number of aromatic nitrogens is 1. The van der Waals surface area contributed by atoms with E-state index in [-0.39, 0.29) is 23.8 Å². The van der Waals surface area contributed by atoms with E-state index < -0.39 is 0 Å². The molecule has 25 heavy (non-hydrogen) atoms. The van der Waals surface area contributed by atoms with Crippen molar-refractivity contribution >= 4 is 33.4 Å². The fourth-order valence-corrected chi connectivity index (χ4v) is 4.25. The van der Waals surface area contributed by atoms with Crippen molar-refractivity contribution in [2.45, 2.75) is 25.8 Å². The third-order valence-electron chi connectivity index (χ3n) is 4.93. The van der Waals surface area contributed by atoms with Gasteiger partial charge in [0.25, 0.3) is 0 Å². The molecule has 3 rings (SSSR count). The Bertz CT molecular complexity index is 760. The standard InChI is InChI=1S/C19H23N3O2S/c1-4-17(23)22-11-9-14(10-12-22)19(24)21(3)13(2)18-20-15-7-5-6-8-16(15)25-18/h4-8,13-14H,1,9-12H2,2-3H3. The summed E-state index contributed by atoms with van der Waals surface area (Å²) < 4.78 is 1.14. The van der Waals surface area contributed by atoms with Crippen LogP contribution in [-0.4, -0.2) is 46.7 Å². The Labute approximate surface area is 151 Å². The zero-order valence-corrected chi connectivity index (χ0v) is 15.5. The van der Waals surface area contributed by atoms with Crippen LogP contribution in [0, 0.1) is 5.92 Å². The van der Waals surface area contributed by atoms with Crippen LogP contribution < -0.4 is 0 Å². The average molecular weight is 357 g/mol. The van der Waals surface area contributed by atoms with E-state index in [4.69, 9.17) is 0 Å². The summed E-state index contributed by atoms with van der Waals surface area (Å²) in [6, 6.07) is 7.97. The monoisotopic (exact) mass is 357 g/mol. The molecule has 6 heteroatoms. The Balaban J connectivity index is 1.65. The van der Waals surface area contributed by atoms with Crippen molar-refractivity contribution in [3.63, 3.8) is 0 Å². The highest BCUT2D eigenvalue weighted by molar-refractivity contribution is 7.18. The molecule has 1 aromatic heterocycles. The van der Waals surface area contributed by atoms with Crippen LogP contribution >= 0.6 is 11.3 Å². The SMILES string of the molecule is C=CC(=O)N1CCC(C(=O)N(C)C(C)c2nc3ccccc3s2)CC1. The fraction of sp³-hybridized carbons (Fsp3) is 0.421. The topological polar surface area (TPSA) is 53.5 Å². The second kappa shape index (κ2) is 7.35. The molecule has 0 radical (unpaired) electrons. The van der Waals surface area contributed by atoms with Crippen LogP contribution in [0.1, 0.15) is 30.8 Å². The van der Waals surface area contributed by atoms with E-state index in [1.54, 1.807) is 21.1 Å². The van der Waals surface area contributed by atoms with E-state index >= 15 is 0 Å². The number of rotatable bonds is 4. The van der Waals surface area contributed by atoms with Crippen molar-refractivity contribution < 1.29 is 9.59 Å². The maximum Gasteiger partial charge on any atom is 0.245 e. The number of carbonyl (C=O) groups excluding carboxylic acids is 2. The van der Waals surface area contributed by atoms with Crippen LogP contribution in [0.25, 0.3) is 10.2 Å². The van der Waals surface area contributed by atoms with E-state index in [9.17, 15) is 9.59 Å². The number of hydrogen-bond acceptors (Lipinski definition) is 4. The lowest BCUT2D eigenvalue weighted by Gasteiger charge is -2.34. The zero-order chi connectivity index (χ0) is 18.0. The Morgan fingerprint density at radius 2 is 2.04 bits per heavy atom. The number of thiazole rings is 1. The number of hydrogen-bond donors (Lipinski definition) is 0. The summed E-state index contributed by atoms with van der Waals surface area (Å²) in [6.45, 7) is 6.77. The van der Waals surface area contributed by atoms with E-state index in [2.05, 4.69) is 17.6 Å². The molecular formula is C19H23N3O2S. The van der Waals surface area contributed by atoms with Crippen molar-refractivity contribution in [3.05, 3.63) is 41.9 Å². The highest BCUT2D eigenvalue weighted by Crippen LogP contribution is 2.30. The molecule has 1 saturated heterocycles. The van der Waals surface area contributed by atoms with Gasteiger partial charge in [0.05, 0.1) is 16.3 Å². The van der Waals surface area contributed by atoms with E-state index in [1.807, 2.05) is 32.2 Å². The summed E-state index contributed by atoms with van der Waals surface area (Å²) in [7, 11) is 1.85. The average Bonchev–Trinajstić information content (AvgIpc) is 3.10. The maximum absolute atomic E-state index is 12.9. The number of amides is 2. The summed E-state index contributed by atoms with van der Waals surface area (Å²) in [5.41, 5.74) is 0.978. The van der Waals surface area contributed by atoms with Gasteiger partial charge in [-0.05, 0) is 38.0 Å².